The van der Waals surface area contributed by atoms with Crippen LogP contribution in [0, 0.1) is 13.8 Å². The number of aryl methyl sites for hydroxylation is 1. The molecule has 0 aromatic carbocycles. The van der Waals surface area contributed by atoms with Crippen LogP contribution in [0.3, 0.4) is 0 Å². The van der Waals surface area contributed by atoms with Crippen molar-refractivity contribution in [2.24, 2.45) is 0 Å². The number of carbonyl (C=O) groups excluding carboxylic acids is 2. The van der Waals surface area contributed by atoms with Gasteiger partial charge < -0.3 is 19.1 Å². The molecule has 158 valence electrons. The van der Waals surface area contributed by atoms with Crippen molar-refractivity contribution in [2.45, 2.75) is 32.7 Å². The number of aromatic nitrogens is 3. The van der Waals surface area contributed by atoms with Crippen LogP contribution < -0.4 is 4.90 Å². The minimum atomic E-state index is -0.504. The minimum absolute atomic E-state index is 0.183. The first-order valence-corrected chi connectivity index (χ1v) is 10.4. The predicted octanol–water partition coefficient (Wildman–Crippen LogP) is 2.14. The van der Waals surface area contributed by atoms with Gasteiger partial charge in [-0.25, -0.2) is 14.8 Å². The average molecular weight is 409 g/mol. The molecular formula is C22H27N5O3. The summed E-state index contributed by atoms with van der Waals surface area (Å²) < 4.78 is 7.49. The highest BCUT2D eigenvalue weighted by molar-refractivity contribution is 5.89. The fourth-order valence-electron chi connectivity index (χ4n) is 3.91. The highest BCUT2D eigenvalue weighted by atomic mass is 16.5. The van der Waals surface area contributed by atoms with E-state index in [9.17, 15) is 9.59 Å². The lowest BCUT2D eigenvalue weighted by Gasteiger charge is -2.34. The summed E-state index contributed by atoms with van der Waals surface area (Å²) >= 11 is 0. The first-order valence-electron chi connectivity index (χ1n) is 10.4. The highest BCUT2D eigenvalue weighted by Gasteiger charge is 2.26. The van der Waals surface area contributed by atoms with E-state index in [1.807, 2.05) is 4.90 Å². The molecule has 0 radical (unpaired) electrons. The molecule has 3 heterocycles. The normalized spacial score (nSPS) is 16.9. The van der Waals surface area contributed by atoms with E-state index in [4.69, 9.17) is 4.74 Å². The Morgan fingerprint density at radius 1 is 1.13 bits per heavy atom. The summed E-state index contributed by atoms with van der Waals surface area (Å²) in [7, 11) is 0. The minimum Gasteiger partial charge on any atom is -0.452 e. The molecule has 2 fully saturated rings. The molecule has 1 saturated heterocycles. The molecule has 2 aromatic heterocycles. The molecule has 8 heteroatoms. The van der Waals surface area contributed by atoms with Crippen LogP contribution in [-0.4, -0.2) is 64.1 Å². The van der Waals surface area contributed by atoms with Gasteiger partial charge in [0.05, 0.1) is 0 Å². The molecule has 1 aliphatic carbocycles. The number of ether oxygens (including phenoxy) is 1. The van der Waals surface area contributed by atoms with E-state index in [1.54, 1.807) is 29.4 Å². The Kier molecular flexibility index (Phi) is 5.83. The van der Waals surface area contributed by atoms with Crippen molar-refractivity contribution in [2.75, 3.05) is 37.7 Å². The highest BCUT2D eigenvalue weighted by Crippen LogP contribution is 2.38. The van der Waals surface area contributed by atoms with Crippen molar-refractivity contribution >= 4 is 23.9 Å². The largest absolute Gasteiger partial charge is 0.452 e. The van der Waals surface area contributed by atoms with E-state index in [2.05, 4.69) is 34.4 Å². The number of carbonyl (C=O) groups is 2. The zero-order chi connectivity index (χ0) is 21.1. The topological polar surface area (TPSA) is 80.6 Å². The first kappa shape index (κ1) is 20.1. The maximum absolute atomic E-state index is 12.4. The number of anilines is 1. The molecule has 0 spiro atoms. The second-order valence-corrected chi connectivity index (χ2v) is 7.79. The predicted molar refractivity (Wildman–Crippen MR) is 113 cm³/mol. The van der Waals surface area contributed by atoms with Crippen molar-refractivity contribution in [1.82, 2.24) is 19.4 Å². The van der Waals surface area contributed by atoms with E-state index >= 15 is 0 Å². The van der Waals surface area contributed by atoms with Gasteiger partial charge in [0.15, 0.2) is 6.61 Å². The van der Waals surface area contributed by atoms with Gasteiger partial charge in [0.1, 0.15) is 0 Å². The van der Waals surface area contributed by atoms with Crippen LogP contribution in [0.4, 0.5) is 5.95 Å². The summed E-state index contributed by atoms with van der Waals surface area (Å²) in [4.78, 5) is 36.7. The van der Waals surface area contributed by atoms with Crippen molar-refractivity contribution in [1.29, 1.82) is 0 Å². The molecule has 4 rings (SSSR count). The van der Waals surface area contributed by atoms with Crippen LogP contribution in [0.15, 0.2) is 30.6 Å². The maximum atomic E-state index is 12.4. The van der Waals surface area contributed by atoms with E-state index in [1.165, 1.54) is 24.6 Å². The lowest BCUT2D eigenvalue weighted by atomic mass is 10.2. The van der Waals surface area contributed by atoms with Gasteiger partial charge >= 0.3 is 5.97 Å². The molecule has 0 atom stereocenters. The molecule has 0 N–H and O–H groups in total. The first-order chi connectivity index (χ1) is 14.5. The van der Waals surface area contributed by atoms with E-state index in [-0.39, 0.29) is 12.5 Å². The van der Waals surface area contributed by atoms with Crippen molar-refractivity contribution < 1.29 is 14.3 Å². The number of esters is 1. The standard InChI is InChI=1S/C22H27N5O3/c1-16-14-18(17(2)27(16)19-5-6-19)4-7-21(29)30-15-20(28)25-10-12-26(13-11-25)22-23-8-3-9-24-22/h3-4,7-9,14,19H,5-6,10-13,15H2,1-2H3/b7-4+. The monoisotopic (exact) mass is 409 g/mol. The number of hydrogen-bond acceptors (Lipinski definition) is 6. The number of hydrogen-bond donors (Lipinski definition) is 0. The third-order valence-corrected chi connectivity index (χ3v) is 5.64. The fourth-order valence-corrected chi connectivity index (χ4v) is 3.91. The van der Waals surface area contributed by atoms with Gasteiger partial charge in [-0.1, -0.05) is 0 Å². The van der Waals surface area contributed by atoms with E-state index < -0.39 is 5.97 Å². The van der Waals surface area contributed by atoms with Gasteiger partial charge in [-0.2, -0.15) is 0 Å². The van der Waals surface area contributed by atoms with Gasteiger partial charge in [-0.15, -0.1) is 0 Å². The second kappa shape index (κ2) is 8.69. The van der Waals surface area contributed by atoms with Crippen LogP contribution in [0.2, 0.25) is 0 Å². The van der Waals surface area contributed by atoms with Crippen LogP contribution in [-0.2, 0) is 14.3 Å². The number of amides is 1. The van der Waals surface area contributed by atoms with Crippen molar-refractivity contribution in [3.8, 4) is 0 Å². The molecule has 1 amide bonds. The molecule has 2 aromatic rings. The summed E-state index contributed by atoms with van der Waals surface area (Å²) in [5, 5.41) is 0. The van der Waals surface area contributed by atoms with Crippen molar-refractivity contribution in [3.63, 3.8) is 0 Å². The van der Waals surface area contributed by atoms with E-state index in [0.717, 1.165) is 11.3 Å². The zero-order valence-electron chi connectivity index (χ0n) is 17.5. The van der Waals surface area contributed by atoms with Crippen LogP contribution in [0.1, 0.15) is 35.8 Å². The Balaban J connectivity index is 1.24. The Labute approximate surface area is 176 Å². The Bertz CT molecular complexity index is 941. The van der Waals surface area contributed by atoms with E-state index in [0.29, 0.717) is 38.2 Å². The molecule has 0 bridgehead atoms. The van der Waals surface area contributed by atoms with Gasteiger partial charge in [0.2, 0.25) is 5.95 Å². The van der Waals surface area contributed by atoms with Crippen LogP contribution in [0.25, 0.3) is 6.08 Å². The summed E-state index contributed by atoms with van der Waals surface area (Å²) in [5.41, 5.74) is 3.38. The molecule has 0 unspecified atom stereocenters. The van der Waals surface area contributed by atoms with Gasteiger partial charge in [-0.05, 0) is 50.5 Å². The molecule has 2 aliphatic rings. The second-order valence-electron chi connectivity index (χ2n) is 7.79. The molecule has 1 aliphatic heterocycles. The van der Waals surface area contributed by atoms with Crippen LogP contribution >= 0.6 is 0 Å². The van der Waals surface area contributed by atoms with Gasteiger partial charge in [-0.3, -0.25) is 4.79 Å². The smallest absolute Gasteiger partial charge is 0.331 e. The fraction of sp³-hybridized carbons (Fsp3) is 0.455. The summed E-state index contributed by atoms with van der Waals surface area (Å²) in [6.07, 6.45) is 9.02. The lowest BCUT2D eigenvalue weighted by Crippen LogP contribution is -2.50. The zero-order valence-corrected chi connectivity index (χ0v) is 17.5. The van der Waals surface area contributed by atoms with Crippen molar-refractivity contribution in [3.05, 3.63) is 47.6 Å². The maximum Gasteiger partial charge on any atom is 0.331 e. The molecule has 30 heavy (non-hydrogen) atoms. The Morgan fingerprint density at radius 2 is 1.83 bits per heavy atom. The SMILES string of the molecule is Cc1cc(/C=C/C(=O)OCC(=O)N2CCN(c3ncccn3)CC2)c(C)n1C1CC1. The Morgan fingerprint density at radius 3 is 2.50 bits per heavy atom. The Hall–Kier alpha value is -3.16. The lowest BCUT2D eigenvalue weighted by molar-refractivity contribution is -0.148. The van der Waals surface area contributed by atoms with Crippen LogP contribution in [0.5, 0.6) is 0 Å². The van der Waals surface area contributed by atoms with Gasteiger partial charge in [0, 0.05) is 62.1 Å². The number of piperazine rings is 1. The third-order valence-electron chi connectivity index (χ3n) is 5.64. The molecule has 8 nitrogen and oxygen atoms in total. The summed E-state index contributed by atoms with van der Waals surface area (Å²) in [5.74, 6) is -0.0181. The number of nitrogens with zero attached hydrogens (tertiary/aromatic N) is 5. The molecular weight excluding hydrogens is 382 g/mol. The molecule has 1 saturated carbocycles. The quantitative estimate of drug-likeness (QED) is 0.537. The third kappa shape index (κ3) is 4.53. The van der Waals surface area contributed by atoms with Gasteiger partial charge in [0.25, 0.3) is 5.91 Å². The summed E-state index contributed by atoms with van der Waals surface area (Å²) in [6, 6.07) is 4.46. The number of rotatable bonds is 6. The average Bonchev–Trinajstić information content (AvgIpc) is 3.56. The summed E-state index contributed by atoms with van der Waals surface area (Å²) in [6.45, 7) is 6.32.